The first-order valence-electron chi connectivity index (χ1n) is 9.60. The number of hydrogen-bond donors (Lipinski definition) is 1. The average Bonchev–Trinajstić information content (AvgIpc) is 3.48. The summed E-state index contributed by atoms with van der Waals surface area (Å²) >= 11 is 6.35. The molecule has 1 unspecified atom stereocenters. The van der Waals surface area contributed by atoms with Gasteiger partial charge in [0.2, 0.25) is 5.91 Å². The van der Waals surface area contributed by atoms with Crippen LogP contribution in [-0.2, 0) is 4.79 Å². The molecule has 5 rings (SSSR count). The van der Waals surface area contributed by atoms with Gasteiger partial charge in [0.1, 0.15) is 5.69 Å². The van der Waals surface area contributed by atoms with Gasteiger partial charge in [-0.1, -0.05) is 53.2 Å². The molecule has 2 aromatic carbocycles. The average molecular weight is 420 g/mol. The van der Waals surface area contributed by atoms with Crippen molar-refractivity contribution in [1.29, 1.82) is 0 Å². The molecule has 0 saturated carbocycles. The summed E-state index contributed by atoms with van der Waals surface area (Å²) in [6.45, 7) is 2.42. The Bertz CT molecular complexity index is 1220. The van der Waals surface area contributed by atoms with Gasteiger partial charge in [-0.2, -0.15) is 10.1 Å². The van der Waals surface area contributed by atoms with Crippen LogP contribution in [0.25, 0.3) is 22.8 Å². The second-order valence-corrected chi connectivity index (χ2v) is 7.76. The van der Waals surface area contributed by atoms with Crippen molar-refractivity contribution in [3.8, 4) is 22.8 Å². The fraction of sp³-hybridized carbons (Fsp3) is 0.182. The molecule has 1 aliphatic heterocycles. The van der Waals surface area contributed by atoms with Crippen molar-refractivity contribution in [3.63, 3.8) is 0 Å². The first-order valence-corrected chi connectivity index (χ1v) is 9.97. The highest BCUT2D eigenvalue weighted by atomic mass is 35.5. The lowest BCUT2D eigenvalue weighted by atomic mass is 10.1. The van der Waals surface area contributed by atoms with Crippen molar-refractivity contribution in [2.75, 3.05) is 11.4 Å². The van der Waals surface area contributed by atoms with E-state index in [2.05, 4.69) is 20.3 Å². The Morgan fingerprint density at radius 2 is 2.00 bits per heavy atom. The summed E-state index contributed by atoms with van der Waals surface area (Å²) in [5.74, 6) is 0.674. The van der Waals surface area contributed by atoms with Gasteiger partial charge < -0.3 is 9.42 Å². The second kappa shape index (κ2) is 7.42. The molecule has 4 aromatic rings. The minimum atomic E-state index is -0.163. The molecule has 30 heavy (non-hydrogen) atoms. The topological polar surface area (TPSA) is 87.9 Å². The van der Waals surface area contributed by atoms with E-state index in [1.54, 1.807) is 4.90 Å². The van der Waals surface area contributed by atoms with Gasteiger partial charge in [-0.15, -0.1) is 0 Å². The standard InChI is InChI=1S/C22H18ClN5O2/c1-13-7-8-19(16(23)9-13)28-12-15(10-20(28)29)21-24-22(30-27-21)18-11-17(25-26-18)14-5-3-2-4-6-14/h2-9,11,15H,10,12H2,1H3,(H,25,26). The smallest absolute Gasteiger partial charge is 0.275 e. The number of nitrogens with one attached hydrogen (secondary N) is 1. The molecular formula is C22H18ClN5O2. The molecule has 150 valence electrons. The molecule has 1 amide bonds. The van der Waals surface area contributed by atoms with Crippen LogP contribution in [0.1, 0.15) is 23.7 Å². The summed E-state index contributed by atoms with van der Waals surface area (Å²) in [6.07, 6.45) is 0.307. The summed E-state index contributed by atoms with van der Waals surface area (Å²) in [4.78, 5) is 18.8. The van der Waals surface area contributed by atoms with Crippen molar-refractivity contribution in [3.05, 3.63) is 71.0 Å². The minimum Gasteiger partial charge on any atom is -0.332 e. The number of aromatic nitrogens is 4. The molecule has 1 fully saturated rings. The van der Waals surface area contributed by atoms with E-state index >= 15 is 0 Å². The number of carbonyl (C=O) groups is 1. The third kappa shape index (κ3) is 3.37. The van der Waals surface area contributed by atoms with Gasteiger partial charge in [-0.25, -0.2) is 0 Å². The SMILES string of the molecule is Cc1ccc(N2CC(c3noc(-c4cc(-c5ccccc5)n[nH]4)n3)CC2=O)c(Cl)c1. The molecule has 0 spiro atoms. The van der Waals surface area contributed by atoms with E-state index in [0.29, 0.717) is 41.1 Å². The Morgan fingerprint density at radius 1 is 1.17 bits per heavy atom. The van der Waals surface area contributed by atoms with Crippen LogP contribution in [-0.4, -0.2) is 32.8 Å². The number of halogens is 1. The van der Waals surface area contributed by atoms with Gasteiger partial charge in [-0.3, -0.25) is 9.89 Å². The Labute approximate surface area is 177 Å². The van der Waals surface area contributed by atoms with E-state index in [-0.39, 0.29) is 11.8 Å². The number of aromatic amines is 1. The van der Waals surface area contributed by atoms with Crippen LogP contribution in [0.15, 0.2) is 59.1 Å². The van der Waals surface area contributed by atoms with Gasteiger partial charge in [0.05, 0.1) is 16.4 Å². The summed E-state index contributed by atoms with van der Waals surface area (Å²) < 4.78 is 5.44. The van der Waals surface area contributed by atoms with Gasteiger partial charge in [0.25, 0.3) is 5.89 Å². The Hall–Kier alpha value is -3.45. The fourth-order valence-electron chi connectivity index (χ4n) is 3.64. The summed E-state index contributed by atoms with van der Waals surface area (Å²) in [7, 11) is 0. The monoisotopic (exact) mass is 419 g/mol. The van der Waals surface area contributed by atoms with Crippen LogP contribution >= 0.6 is 11.6 Å². The van der Waals surface area contributed by atoms with E-state index in [0.717, 1.165) is 16.8 Å². The van der Waals surface area contributed by atoms with Crippen molar-refractivity contribution >= 4 is 23.2 Å². The Kier molecular flexibility index (Phi) is 4.59. The second-order valence-electron chi connectivity index (χ2n) is 7.35. The summed E-state index contributed by atoms with van der Waals surface area (Å²) in [6, 6.07) is 17.4. The molecule has 8 heteroatoms. The fourth-order valence-corrected chi connectivity index (χ4v) is 3.98. The molecule has 7 nitrogen and oxygen atoms in total. The summed E-state index contributed by atoms with van der Waals surface area (Å²) in [5, 5.41) is 11.9. The number of H-pyrrole nitrogens is 1. The zero-order valence-corrected chi connectivity index (χ0v) is 16.9. The highest BCUT2D eigenvalue weighted by Gasteiger charge is 2.35. The van der Waals surface area contributed by atoms with Crippen LogP contribution < -0.4 is 4.90 Å². The first kappa shape index (κ1) is 18.6. The zero-order chi connectivity index (χ0) is 20.7. The van der Waals surface area contributed by atoms with Crippen molar-refractivity contribution in [1.82, 2.24) is 20.3 Å². The minimum absolute atomic E-state index is 0.00925. The van der Waals surface area contributed by atoms with E-state index in [1.807, 2.05) is 61.5 Å². The number of rotatable bonds is 4. The molecule has 1 aliphatic rings. The van der Waals surface area contributed by atoms with Crippen LogP contribution in [0, 0.1) is 6.92 Å². The van der Waals surface area contributed by atoms with Gasteiger partial charge in [-0.05, 0) is 30.7 Å². The van der Waals surface area contributed by atoms with E-state index in [9.17, 15) is 4.79 Å². The lowest BCUT2D eigenvalue weighted by molar-refractivity contribution is -0.117. The number of anilines is 1. The highest BCUT2D eigenvalue weighted by Crippen LogP contribution is 2.35. The predicted octanol–water partition coefficient (Wildman–Crippen LogP) is 4.61. The number of nitrogens with zero attached hydrogens (tertiary/aromatic N) is 4. The predicted molar refractivity (Wildman–Crippen MR) is 113 cm³/mol. The highest BCUT2D eigenvalue weighted by molar-refractivity contribution is 6.34. The van der Waals surface area contributed by atoms with E-state index in [1.165, 1.54) is 0 Å². The molecule has 1 atom stereocenters. The third-order valence-corrected chi connectivity index (χ3v) is 5.51. The van der Waals surface area contributed by atoms with E-state index < -0.39 is 0 Å². The van der Waals surface area contributed by atoms with Gasteiger partial charge >= 0.3 is 0 Å². The molecule has 0 bridgehead atoms. The maximum absolute atomic E-state index is 12.6. The third-order valence-electron chi connectivity index (χ3n) is 5.20. The van der Waals surface area contributed by atoms with Gasteiger partial charge in [0.15, 0.2) is 5.82 Å². The lowest BCUT2D eigenvalue weighted by Crippen LogP contribution is -2.24. The molecule has 0 radical (unpaired) electrons. The van der Waals surface area contributed by atoms with Crippen molar-refractivity contribution in [2.24, 2.45) is 0 Å². The maximum Gasteiger partial charge on any atom is 0.275 e. The Morgan fingerprint density at radius 3 is 2.80 bits per heavy atom. The first-order chi connectivity index (χ1) is 14.6. The number of benzene rings is 2. The van der Waals surface area contributed by atoms with Crippen molar-refractivity contribution in [2.45, 2.75) is 19.3 Å². The zero-order valence-electron chi connectivity index (χ0n) is 16.2. The lowest BCUT2D eigenvalue weighted by Gasteiger charge is -2.18. The molecule has 3 heterocycles. The maximum atomic E-state index is 12.6. The molecular weight excluding hydrogens is 402 g/mol. The normalized spacial score (nSPS) is 16.4. The molecule has 0 aliphatic carbocycles. The Balaban J connectivity index is 1.36. The molecule has 1 N–H and O–H groups in total. The molecule has 2 aromatic heterocycles. The van der Waals surface area contributed by atoms with Crippen molar-refractivity contribution < 1.29 is 9.32 Å². The number of aryl methyl sites for hydroxylation is 1. The quantitative estimate of drug-likeness (QED) is 0.522. The van der Waals surface area contributed by atoms with Crippen LogP contribution in [0.3, 0.4) is 0 Å². The summed E-state index contributed by atoms with van der Waals surface area (Å²) in [5.41, 5.74) is 4.17. The number of carbonyl (C=O) groups excluding carboxylic acids is 1. The number of hydrogen-bond acceptors (Lipinski definition) is 5. The van der Waals surface area contributed by atoms with Crippen LogP contribution in [0.4, 0.5) is 5.69 Å². The largest absolute Gasteiger partial charge is 0.332 e. The van der Waals surface area contributed by atoms with E-state index in [4.69, 9.17) is 16.1 Å². The number of amides is 1. The van der Waals surface area contributed by atoms with Crippen LogP contribution in [0.5, 0.6) is 0 Å². The van der Waals surface area contributed by atoms with Crippen LogP contribution in [0.2, 0.25) is 5.02 Å². The molecule has 1 saturated heterocycles. The van der Waals surface area contributed by atoms with Gasteiger partial charge in [0, 0.05) is 24.4 Å².